The van der Waals surface area contributed by atoms with Gasteiger partial charge >= 0.3 is 0 Å². The molecular formula is C10H12N2O. The lowest BCUT2D eigenvalue weighted by Gasteiger charge is -2.06. The minimum atomic E-state index is 0.566. The Labute approximate surface area is 77.9 Å². The number of hydrogen-bond donors (Lipinski definition) is 1. The van der Waals surface area contributed by atoms with E-state index in [0.29, 0.717) is 13.2 Å². The average Bonchev–Trinajstić information content (AvgIpc) is 2.17. The van der Waals surface area contributed by atoms with Crippen LogP contribution in [0.25, 0.3) is 0 Å². The van der Waals surface area contributed by atoms with Crippen LogP contribution in [0.15, 0.2) is 24.3 Å². The third-order valence-corrected chi connectivity index (χ3v) is 1.78. The smallest absolute Gasteiger partial charge is 0.176 e. The SMILES string of the molecule is COCc1ccccc1CNC#N. The molecule has 3 nitrogen and oxygen atoms in total. The van der Waals surface area contributed by atoms with Crippen molar-refractivity contribution in [1.82, 2.24) is 5.32 Å². The van der Waals surface area contributed by atoms with E-state index in [4.69, 9.17) is 10.00 Å². The maximum Gasteiger partial charge on any atom is 0.176 e. The molecule has 0 spiro atoms. The molecule has 1 aromatic carbocycles. The first-order valence-electron chi connectivity index (χ1n) is 4.06. The molecule has 1 aromatic rings. The molecule has 0 saturated carbocycles. The second kappa shape index (κ2) is 5.18. The Morgan fingerprint density at radius 2 is 2.08 bits per heavy atom. The van der Waals surface area contributed by atoms with Gasteiger partial charge in [-0.3, -0.25) is 0 Å². The molecule has 13 heavy (non-hydrogen) atoms. The van der Waals surface area contributed by atoms with E-state index in [1.54, 1.807) is 7.11 Å². The molecule has 1 rings (SSSR count). The van der Waals surface area contributed by atoms with Crippen LogP contribution >= 0.6 is 0 Å². The van der Waals surface area contributed by atoms with Gasteiger partial charge < -0.3 is 10.1 Å². The molecule has 0 atom stereocenters. The third-order valence-electron chi connectivity index (χ3n) is 1.78. The molecule has 1 N–H and O–H groups in total. The van der Waals surface area contributed by atoms with Crippen LogP contribution < -0.4 is 5.32 Å². The van der Waals surface area contributed by atoms with Crippen molar-refractivity contribution in [3.05, 3.63) is 35.4 Å². The summed E-state index contributed by atoms with van der Waals surface area (Å²) in [6.07, 6.45) is 1.89. The molecule has 0 fully saturated rings. The molecule has 0 amide bonds. The van der Waals surface area contributed by atoms with E-state index in [0.717, 1.165) is 11.1 Å². The fraction of sp³-hybridized carbons (Fsp3) is 0.300. The number of nitriles is 1. The van der Waals surface area contributed by atoms with Gasteiger partial charge in [0.1, 0.15) is 0 Å². The number of nitrogens with zero attached hydrogens (tertiary/aromatic N) is 1. The molecule has 0 bridgehead atoms. The summed E-state index contributed by atoms with van der Waals surface area (Å²) in [6, 6.07) is 7.90. The topological polar surface area (TPSA) is 45.0 Å². The van der Waals surface area contributed by atoms with Crippen LogP contribution in [0, 0.1) is 11.5 Å². The van der Waals surface area contributed by atoms with Crippen molar-refractivity contribution in [2.75, 3.05) is 7.11 Å². The Bertz CT molecular complexity index is 304. The van der Waals surface area contributed by atoms with E-state index in [9.17, 15) is 0 Å². The van der Waals surface area contributed by atoms with Crippen molar-refractivity contribution in [3.8, 4) is 6.19 Å². The molecule has 0 heterocycles. The maximum atomic E-state index is 8.36. The quantitative estimate of drug-likeness (QED) is 0.557. The summed E-state index contributed by atoms with van der Waals surface area (Å²) in [5.41, 5.74) is 2.22. The van der Waals surface area contributed by atoms with Crippen LogP contribution in [0.2, 0.25) is 0 Å². The van der Waals surface area contributed by atoms with Gasteiger partial charge in [0, 0.05) is 7.11 Å². The van der Waals surface area contributed by atoms with E-state index in [-0.39, 0.29) is 0 Å². The van der Waals surface area contributed by atoms with Crippen LogP contribution in [0.4, 0.5) is 0 Å². The largest absolute Gasteiger partial charge is 0.380 e. The van der Waals surface area contributed by atoms with Crippen molar-refractivity contribution in [2.24, 2.45) is 0 Å². The summed E-state index contributed by atoms with van der Waals surface area (Å²) >= 11 is 0. The van der Waals surface area contributed by atoms with Gasteiger partial charge in [-0.05, 0) is 11.1 Å². The highest BCUT2D eigenvalue weighted by molar-refractivity contribution is 5.26. The van der Waals surface area contributed by atoms with Crippen LogP contribution in [0.1, 0.15) is 11.1 Å². The second-order valence-corrected chi connectivity index (χ2v) is 2.67. The molecule has 0 aliphatic carbocycles. The normalized spacial score (nSPS) is 9.23. The number of ether oxygens (including phenoxy) is 1. The molecule has 68 valence electrons. The molecule has 0 aliphatic heterocycles. The maximum absolute atomic E-state index is 8.36. The summed E-state index contributed by atoms with van der Waals surface area (Å²) in [5, 5.41) is 11.0. The van der Waals surface area contributed by atoms with Crippen LogP contribution in [0.5, 0.6) is 0 Å². The number of rotatable bonds is 4. The predicted octanol–water partition coefficient (Wildman–Crippen LogP) is 1.40. The number of benzene rings is 1. The van der Waals surface area contributed by atoms with E-state index in [1.165, 1.54) is 0 Å². The fourth-order valence-electron chi connectivity index (χ4n) is 1.16. The first-order chi connectivity index (χ1) is 6.38. The highest BCUT2D eigenvalue weighted by atomic mass is 16.5. The van der Waals surface area contributed by atoms with Gasteiger partial charge in [-0.15, -0.1) is 0 Å². The average molecular weight is 176 g/mol. The zero-order valence-electron chi connectivity index (χ0n) is 7.58. The molecule has 3 heteroatoms. The molecule has 0 radical (unpaired) electrons. The van der Waals surface area contributed by atoms with E-state index >= 15 is 0 Å². The van der Waals surface area contributed by atoms with Gasteiger partial charge in [0.05, 0.1) is 13.2 Å². The van der Waals surface area contributed by atoms with Crippen molar-refractivity contribution in [1.29, 1.82) is 5.26 Å². The van der Waals surface area contributed by atoms with Gasteiger partial charge in [0.15, 0.2) is 6.19 Å². The molecule has 0 aromatic heterocycles. The second-order valence-electron chi connectivity index (χ2n) is 2.67. The van der Waals surface area contributed by atoms with Crippen molar-refractivity contribution < 1.29 is 4.74 Å². The Balaban J connectivity index is 2.73. The number of nitrogens with one attached hydrogen (secondary N) is 1. The zero-order valence-corrected chi connectivity index (χ0v) is 7.58. The van der Waals surface area contributed by atoms with Gasteiger partial charge in [0.25, 0.3) is 0 Å². The lowest BCUT2D eigenvalue weighted by Crippen LogP contribution is -2.07. The summed E-state index contributed by atoms with van der Waals surface area (Å²) < 4.78 is 5.04. The van der Waals surface area contributed by atoms with Crippen LogP contribution in [0.3, 0.4) is 0 Å². The third kappa shape index (κ3) is 2.77. The Hall–Kier alpha value is -1.53. The van der Waals surface area contributed by atoms with Gasteiger partial charge in [-0.1, -0.05) is 24.3 Å². The summed E-state index contributed by atoms with van der Waals surface area (Å²) in [5.74, 6) is 0. The Morgan fingerprint density at radius 3 is 2.69 bits per heavy atom. The van der Waals surface area contributed by atoms with Crippen molar-refractivity contribution in [3.63, 3.8) is 0 Å². The molecule has 0 saturated heterocycles. The summed E-state index contributed by atoms with van der Waals surface area (Å²) in [4.78, 5) is 0. The van der Waals surface area contributed by atoms with Gasteiger partial charge in [0.2, 0.25) is 0 Å². The van der Waals surface area contributed by atoms with Gasteiger partial charge in [-0.25, -0.2) is 0 Å². The minimum absolute atomic E-state index is 0.566. The highest BCUT2D eigenvalue weighted by Gasteiger charge is 1.99. The molecule has 0 unspecified atom stereocenters. The van der Waals surface area contributed by atoms with E-state index < -0.39 is 0 Å². The molecule has 0 aliphatic rings. The zero-order chi connectivity index (χ0) is 9.52. The standard InChI is InChI=1S/C10H12N2O/c1-13-7-10-5-3-2-4-9(10)6-12-8-11/h2-5,12H,6-7H2,1H3. The lowest BCUT2D eigenvalue weighted by atomic mass is 10.1. The van der Waals surface area contributed by atoms with E-state index in [1.807, 2.05) is 30.5 Å². The summed E-state index contributed by atoms with van der Waals surface area (Å²) in [7, 11) is 1.66. The van der Waals surface area contributed by atoms with Crippen molar-refractivity contribution >= 4 is 0 Å². The van der Waals surface area contributed by atoms with Crippen LogP contribution in [-0.2, 0) is 17.9 Å². The lowest BCUT2D eigenvalue weighted by molar-refractivity contribution is 0.184. The summed E-state index contributed by atoms with van der Waals surface area (Å²) in [6.45, 7) is 1.15. The Kier molecular flexibility index (Phi) is 3.80. The van der Waals surface area contributed by atoms with Gasteiger partial charge in [-0.2, -0.15) is 5.26 Å². The number of methoxy groups -OCH3 is 1. The predicted molar refractivity (Wildman–Crippen MR) is 49.6 cm³/mol. The van der Waals surface area contributed by atoms with Crippen LogP contribution in [-0.4, -0.2) is 7.11 Å². The minimum Gasteiger partial charge on any atom is -0.380 e. The monoisotopic (exact) mass is 176 g/mol. The fourth-order valence-corrected chi connectivity index (χ4v) is 1.16. The van der Waals surface area contributed by atoms with E-state index in [2.05, 4.69) is 5.32 Å². The first-order valence-corrected chi connectivity index (χ1v) is 4.06. The first kappa shape index (κ1) is 9.56. The van der Waals surface area contributed by atoms with Crippen molar-refractivity contribution in [2.45, 2.75) is 13.2 Å². The Morgan fingerprint density at radius 1 is 1.38 bits per heavy atom. The molecular weight excluding hydrogens is 164 g/mol. The number of hydrogen-bond acceptors (Lipinski definition) is 3. The highest BCUT2D eigenvalue weighted by Crippen LogP contribution is 2.09.